The molecule has 2 heterocycles. The van der Waals surface area contributed by atoms with Gasteiger partial charge in [-0.15, -0.1) is 0 Å². The van der Waals surface area contributed by atoms with Crippen molar-refractivity contribution in [3.8, 4) is 33.5 Å². The lowest BCUT2D eigenvalue weighted by atomic mass is 9.86. The topological polar surface area (TPSA) is 17.0 Å². The van der Waals surface area contributed by atoms with Gasteiger partial charge in [-0.3, -0.25) is 0 Å². The fourth-order valence-electron chi connectivity index (χ4n) is 5.26. The molecule has 0 unspecified atom stereocenters. The molecule has 0 aliphatic heterocycles. The average Bonchev–Trinajstić information content (AvgIpc) is 3.28. The van der Waals surface area contributed by atoms with E-state index < -0.39 is 0 Å². The quantitative estimate of drug-likeness (QED) is 0.230. The number of aryl methyl sites for hydroxylation is 2. The minimum atomic E-state index is 0.0672. The molecule has 0 spiro atoms. The van der Waals surface area contributed by atoms with Crippen LogP contribution in [0.5, 0.6) is 0 Å². The minimum absolute atomic E-state index is 0.0672. The van der Waals surface area contributed by atoms with Gasteiger partial charge in [0.15, 0.2) is 6.20 Å². The molecule has 2 nitrogen and oxygen atoms in total. The molecule has 6 aromatic rings. The molecule has 0 bridgehead atoms. The van der Waals surface area contributed by atoms with Crippen LogP contribution in [0.4, 0.5) is 0 Å². The number of hydrogen-bond donors (Lipinski definition) is 0. The van der Waals surface area contributed by atoms with Crippen LogP contribution in [0.1, 0.15) is 31.9 Å². The van der Waals surface area contributed by atoms with Crippen LogP contribution in [-0.4, -0.2) is 0 Å². The zero-order valence-corrected chi connectivity index (χ0v) is 22.2. The number of fused-ring (bicyclic) bond motifs is 3. The van der Waals surface area contributed by atoms with Gasteiger partial charge in [-0.25, -0.2) is 4.57 Å². The maximum Gasteiger partial charge on any atom is 0.216 e. The van der Waals surface area contributed by atoms with Gasteiger partial charge in [0.25, 0.3) is 0 Å². The number of rotatable bonds is 3. The highest BCUT2D eigenvalue weighted by atomic mass is 16.3. The maximum absolute atomic E-state index is 6.79. The van der Waals surface area contributed by atoms with E-state index in [4.69, 9.17) is 4.42 Å². The lowest BCUT2D eigenvalue weighted by Gasteiger charge is -2.19. The molecule has 0 N–H and O–H groups in total. The number of pyridine rings is 1. The highest BCUT2D eigenvalue weighted by molar-refractivity contribution is 6.13. The molecule has 0 fully saturated rings. The summed E-state index contributed by atoms with van der Waals surface area (Å²) in [4.78, 5) is 0. The first-order valence-electron chi connectivity index (χ1n) is 12.9. The molecule has 0 aliphatic rings. The Hall–Kier alpha value is -4.17. The standard InChI is InChI=1S/C35H32NO/c1-23-14-19-30-29-13-9-12-28(26-17-15-25(16-18-26)24-10-7-6-8-11-24)33(29)37-34(30)32(23)31-22-27(35(2,3)4)20-21-36(31)5/h6-22H,1-5H3/q+1. The fraction of sp³-hybridized carbons (Fsp3) is 0.171. The molecular weight excluding hydrogens is 450 g/mol. The van der Waals surface area contributed by atoms with Crippen LogP contribution in [0.25, 0.3) is 55.4 Å². The van der Waals surface area contributed by atoms with E-state index in [1.165, 1.54) is 27.9 Å². The Morgan fingerprint density at radius 3 is 2.05 bits per heavy atom. The Labute approximate surface area is 218 Å². The molecule has 0 saturated heterocycles. The minimum Gasteiger partial charge on any atom is -0.454 e. The Bertz CT molecular complexity index is 1750. The van der Waals surface area contributed by atoms with Crippen molar-refractivity contribution < 1.29 is 8.98 Å². The van der Waals surface area contributed by atoms with E-state index in [-0.39, 0.29) is 5.41 Å². The lowest BCUT2D eigenvalue weighted by Crippen LogP contribution is -2.32. The number of hydrogen-bond acceptors (Lipinski definition) is 1. The average molecular weight is 483 g/mol. The zero-order valence-electron chi connectivity index (χ0n) is 22.2. The Morgan fingerprint density at radius 1 is 0.649 bits per heavy atom. The van der Waals surface area contributed by atoms with Crippen molar-refractivity contribution >= 4 is 21.9 Å². The SMILES string of the molecule is Cc1ccc2c(oc3c(-c4ccc(-c5ccccc5)cc4)cccc32)c1-c1cc(C(C)(C)C)cc[n+]1C. The zero-order chi connectivity index (χ0) is 25.7. The summed E-state index contributed by atoms with van der Waals surface area (Å²) < 4.78 is 8.99. The van der Waals surface area contributed by atoms with Crippen LogP contribution in [0.2, 0.25) is 0 Å². The molecule has 0 radical (unpaired) electrons. The molecule has 2 heteroatoms. The summed E-state index contributed by atoms with van der Waals surface area (Å²) in [6.07, 6.45) is 2.16. The van der Waals surface area contributed by atoms with E-state index in [9.17, 15) is 0 Å². The summed E-state index contributed by atoms with van der Waals surface area (Å²) in [5.41, 5.74) is 11.5. The van der Waals surface area contributed by atoms with Crippen molar-refractivity contribution in [3.05, 3.63) is 114 Å². The van der Waals surface area contributed by atoms with Gasteiger partial charge in [0, 0.05) is 28.5 Å². The summed E-state index contributed by atoms with van der Waals surface area (Å²) in [6, 6.07) is 34.7. The van der Waals surface area contributed by atoms with Gasteiger partial charge in [0.05, 0.1) is 5.56 Å². The number of benzene rings is 4. The summed E-state index contributed by atoms with van der Waals surface area (Å²) in [5, 5.41) is 2.30. The predicted molar refractivity (Wildman–Crippen MR) is 155 cm³/mol. The van der Waals surface area contributed by atoms with Gasteiger partial charge in [0.2, 0.25) is 5.69 Å². The van der Waals surface area contributed by atoms with Gasteiger partial charge < -0.3 is 4.42 Å². The van der Waals surface area contributed by atoms with E-state index in [1.54, 1.807) is 0 Å². The monoisotopic (exact) mass is 482 g/mol. The molecular formula is C35H32NO+. The van der Waals surface area contributed by atoms with Crippen molar-refractivity contribution in [2.75, 3.05) is 0 Å². The van der Waals surface area contributed by atoms with Crippen LogP contribution in [-0.2, 0) is 12.5 Å². The second-order valence-electron chi connectivity index (χ2n) is 11.0. The number of furan rings is 1. The lowest BCUT2D eigenvalue weighted by molar-refractivity contribution is -0.660. The second kappa shape index (κ2) is 8.74. The summed E-state index contributed by atoms with van der Waals surface area (Å²) in [5.74, 6) is 0. The van der Waals surface area contributed by atoms with Gasteiger partial charge >= 0.3 is 0 Å². The van der Waals surface area contributed by atoms with Crippen LogP contribution in [0.15, 0.2) is 108 Å². The second-order valence-corrected chi connectivity index (χ2v) is 11.0. The van der Waals surface area contributed by atoms with E-state index in [1.807, 2.05) is 0 Å². The highest BCUT2D eigenvalue weighted by Crippen LogP contribution is 2.41. The Morgan fingerprint density at radius 2 is 1.32 bits per heavy atom. The number of para-hydroxylation sites is 1. The van der Waals surface area contributed by atoms with E-state index in [0.717, 1.165) is 38.6 Å². The predicted octanol–water partition coefficient (Wildman–Crippen LogP) is 9.02. The first-order valence-corrected chi connectivity index (χ1v) is 12.9. The van der Waals surface area contributed by atoms with Gasteiger partial charge in [0.1, 0.15) is 18.2 Å². The smallest absolute Gasteiger partial charge is 0.216 e. The molecule has 37 heavy (non-hydrogen) atoms. The molecule has 4 aromatic carbocycles. The molecule has 0 atom stereocenters. The van der Waals surface area contributed by atoms with Crippen molar-refractivity contribution in [1.82, 2.24) is 0 Å². The first-order chi connectivity index (χ1) is 17.8. The molecule has 0 aliphatic carbocycles. The summed E-state index contributed by atoms with van der Waals surface area (Å²) in [6.45, 7) is 8.96. The summed E-state index contributed by atoms with van der Waals surface area (Å²) >= 11 is 0. The third kappa shape index (κ3) is 4.03. The largest absolute Gasteiger partial charge is 0.454 e. The van der Waals surface area contributed by atoms with Crippen molar-refractivity contribution in [3.63, 3.8) is 0 Å². The Kier molecular flexibility index (Phi) is 5.49. The normalized spacial score (nSPS) is 11.9. The molecule has 182 valence electrons. The van der Waals surface area contributed by atoms with Crippen LogP contribution in [0.3, 0.4) is 0 Å². The third-order valence-electron chi connectivity index (χ3n) is 7.45. The molecule has 0 saturated carbocycles. The van der Waals surface area contributed by atoms with Crippen molar-refractivity contribution in [2.45, 2.75) is 33.1 Å². The van der Waals surface area contributed by atoms with Crippen LogP contribution >= 0.6 is 0 Å². The van der Waals surface area contributed by atoms with Gasteiger partial charge in [-0.2, -0.15) is 0 Å². The fourth-order valence-corrected chi connectivity index (χ4v) is 5.26. The van der Waals surface area contributed by atoms with E-state index >= 15 is 0 Å². The van der Waals surface area contributed by atoms with Gasteiger partial charge in [-0.1, -0.05) is 106 Å². The first kappa shape index (κ1) is 23.2. The van der Waals surface area contributed by atoms with Gasteiger partial charge in [-0.05, 0) is 40.2 Å². The summed E-state index contributed by atoms with van der Waals surface area (Å²) in [7, 11) is 2.11. The maximum atomic E-state index is 6.79. The van der Waals surface area contributed by atoms with E-state index in [2.05, 4.69) is 143 Å². The van der Waals surface area contributed by atoms with Crippen LogP contribution < -0.4 is 4.57 Å². The molecule has 2 aromatic heterocycles. The number of aromatic nitrogens is 1. The highest BCUT2D eigenvalue weighted by Gasteiger charge is 2.24. The van der Waals surface area contributed by atoms with Crippen LogP contribution in [0, 0.1) is 6.92 Å². The number of nitrogens with zero attached hydrogens (tertiary/aromatic N) is 1. The molecule has 6 rings (SSSR count). The molecule has 0 amide bonds. The van der Waals surface area contributed by atoms with Crippen molar-refractivity contribution in [2.24, 2.45) is 7.05 Å². The Balaban J connectivity index is 1.55. The van der Waals surface area contributed by atoms with Crippen molar-refractivity contribution in [1.29, 1.82) is 0 Å². The van der Waals surface area contributed by atoms with E-state index in [0.29, 0.717) is 0 Å². The third-order valence-corrected chi connectivity index (χ3v) is 7.45.